The standard InChI is InChI=1S/C13H13FN2O2S/c1-9-2-7-12(15)13(8-9)16-19(17,18)11-5-3-10(14)4-6-11/h2-8,16H,15H2,1H3. The van der Waals surface area contributed by atoms with E-state index in [0.29, 0.717) is 11.4 Å². The van der Waals surface area contributed by atoms with Crippen LogP contribution in [0.1, 0.15) is 5.56 Å². The Hall–Kier alpha value is -2.08. The maximum absolute atomic E-state index is 12.8. The number of nitrogens with one attached hydrogen (secondary N) is 1. The van der Waals surface area contributed by atoms with Crippen LogP contribution < -0.4 is 10.5 Å². The first-order chi connectivity index (χ1) is 8.88. The summed E-state index contributed by atoms with van der Waals surface area (Å²) in [7, 11) is -3.77. The molecular weight excluding hydrogens is 267 g/mol. The number of halogens is 1. The molecule has 0 radical (unpaired) electrons. The number of hydrogen-bond donors (Lipinski definition) is 2. The van der Waals surface area contributed by atoms with E-state index in [4.69, 9.17) is 5.73 Å². The van der Waals surface area contributed by atoms with E-state index in [1.807, 2.05) is 6.92 Å². The number of sulfonamides is 1. The molecule has 2 rings (SSSR count). The first kappa shape index (κ1) is 13.4. The Morgan fingerprint density at radius 3 is 2.37 bits per heavy atom. The maximum Gasteiger partial charge on any atom is 0.261 e. The molecule has 0 atom stereocenters. The van der Waals surface area contributed by atoms with Crippen LogP contribution in [0.3, 0.4) is 0 Å². The third-order valence-corrected chi connectivity index (χ3v) is 3.96. The average Bonchev–Trinajstić information content (AvgIpc) is 2.34. The summed E-state index contributed by atoms with van der Waals surface area (Å²) in [6.45, 7) is 1.83. The number of anilines is 2. The van der Waals surface area contributed by atoms with Crippen molar-refractivity contribution in [1.29, 1.82) is 0 Å². The van der Waals surface area contributed by atoms with Crippen LogP contribution in [0.25, 0.3) is 0 Å². The molecule has 3 N–H and O–H groups in total. The molecule has 2 aromatic rings. The second-order valence-corrected chi connectivity index (χ2v) is 5.83. The van der Waals surface area contributed by atoms with Gasteiger partial charge < -0.3 is 5.73 Å². The topological polar surface area (TPSA) is 72.2 Å². The summed E-state index contributed by atoms with van der Waals surface area (Å²) in [6.07, 6.45) is 0. The van der Waals surface area contributed by atoms with Crippen LogP contribution in [0, 0.1) is 12.7 Å². The van der Waals surface area contributed by atoms with Crippen molar-refractivity contribution in [2.75, 3.05) is 10.5 Å². The van der Waals surface area contributed by atoms with E-state index in [0.717, 1.165) is 17.7 Å². The molecule has 6 heteroatoms. The average molecular weight is 280 g/mol. The zero-order chi connectivity index (χ0) is 14.0. The molecule has 2 aromatic carbocycles. The van der Waals surface area contributed by atoms with Gasteiger partial charge in [-0.1, -0.05) is 6.07 Å². The fourth-order valence-corrected chi connectivity index (χ4v) is 2.65. The molecule has 0 saturated carbocycles. The van der Waals surface area contributed by atoms with E-state index in [9.17, 15) is 12.8 Å². The van der Waals surface area contributed by atoms with Gasteiger partial charge in [0.2, 0.25) is 0 Å². The molecule has 0 aromatic heterocycles. The van der Waals surface area contributed by atoms with Crippen LogP contribution in [0.4, 0.5) is 15.8 Å². The fourth-order valence-electron chi connectivity index (χ4n) is 1.58. The fraction of sp³-hybridized carbons (Fsp3) is 0.0769. The highest BCUT2D eigenvalue weighted by Crippen LogP contribution is 2.23. The predicted molar refractivity (Wildman–Crippen MR) is 72.8 cm³/mol. The second-order valence-electron chi connectivity index (χ2n) is 4.15. The van der Waals surface area contributed by atoms with Crippen LogP contribution >= 0.6 is 0 Å². The molecule has 4 nitrogen and oxygen atoms in total. The Balaban J connectivity index is 2.36. The van der Waals surface area contributed by atoms with Gasteiger partial charge in [0.15, 0.2) is 0 Å². The Kier molecular flexibility index (Phi) is 3.44. The van der Waals surface area contributed by atoms with Gasteiger partial charge in [0.1, 0.15) is 5.82 Å². The van der Waals surface area contributed by atoms with Crippen LogP contribution in [0.2, 0.25) is 0 Å². The molecular formula is C13H13FN2O2S. The van der Waals surface area contributed by atoms with E-state index >= 15 is 0 Å². The molecule has 0 aliphatic rings. The summed E-state index contributed by atoms with van der Waals surface area (Å²) >= 11 is 0. The summed E-state index contributed by atoms with van der Waals surface area (Å²) in [5.41, 5.74) is 7.23. The minimum Gasteiger partial charge on any atom is -0.397 e. The second kappa shape index (κ2) is 4.89. The molecule has 0 amide bonds. The maximum atomic E-state index is 12.8. The molecule has 0 unspecified atom stereocenters. The lowest BCUT2D eigenvalue weighted by Crippen LogP contribution is -2.14. The number of hydrogen-bond acceptors (Lipinski definition) is 3. The quantitative estimate of drug-likeness (QED) is 0.848. The SMILES string of the molecule is Cc1ccc(N)c(NS(=O)(=O)c2ccc(F)cc2)c1. The van der Waals surface area contributed by atoms with Crippen molar-refractivity contribution in [2.24, 2.45) is 0 Å². The molecule has 0 bridgehead atoms. The number of rotatable bonds is 3. The number of nitrogens with two attached hydrogens (primary N) is 1. The molecule has 0 spiro atoms. The van der Waals surface area contributed by atoms with Crippen molar-refractivity contribution in [2.45, 2.75) is 11.8 Å². The lowest BCUT2D eigenvalue weighted by atomic mass is 10.2. The highest BCUT2D eigenvalue weighted by Gasteiger charge is 2.15. The minimum absolute atomic E-state index is 0.0187. The third-order valence-electron chi connectivity index (χ3n) is 2.58. The molecule has 0 fully saturated rings. The summed E-state index contributed by atoms with van der Waals surface area (Å²) < 4.78 is 39.3. The smallest absolute Gasteiger partial charge is 0.261 e. The van der Waals surface area contributed by atoms with Gasteiger partial charge in [0.05, 0.1) is 16.3 Å². The highest BCUT2D eigenvalue weighted by molar-refractivity contribution is 7.92. The summed E-state index contributed by atoms with van der Waals surface area (Å²) in [4.78, 5) is -0.0187. The first-order valence-electron chi connectivity index (χ1n) is 5.53. The zero-order valence-electron chi connectivity index (χ0n) is 10.2. The van der Waals surface area contributed by atoms with Crippen LogP contribution in [-0.2, 0) is 10.0 Å². The summed E-state index contributed by atoms with van der Waals surface area (Å²) in [6, 6.07) is 9.62. The Labute approximate surface area is 111 Å². The molecule has 100 valence electrons. The highest BCUT2D eigenvalue weighted by atomic mass is 32.2. The first-order valence-corrected chi connectivity index (χ1v) is 7.01. The van der Waals surface area contributed by atoms with E-state index in [1.54, 1.807) is 18.2 Å². The van der Waals surface area contributed by atoms with Crippen LogP contribution in [-0.4, -0.2) is 8.42 Å². The van der Waals surface area contributed by atoms with Gasteiger partial charge in [0, 0.05) is 0 Å². The Bertz CT molecular complexity index is 697. The van der Waals surface area contributed by atoms with Gasteiger partial charge in [-0.15, -0.1) is 0 Å². The monoisotopic (exact) mass is 280 g/mol. The number of benzene rings is 2. The van der Waals surface area contributed by atoms with Crippen molar-refractivity contribution < 1.29 is 12.8 Å². The molecule has 0 aliphatic heterocycles. The van der Waals surface area contributed by atoms with Gasteiger partial charge in [-0.25, -0.2) is 12.8 Å². The largest absolute Gasteiger partial charge is 0.397 e. The van der Waals surface area contributed by atoms with Gasteiger partial charge in [-0.2, -0.15) is 0 Å². The zero-order valence-corrected chi connectivity index (χ0v) is 11.0. The van der Waals surface area contributed by atoms with Crippen LogP contribution in [0.15, 0.2) is 47.4 Å². The summed E-state index contributed by atoms with van der Waals surface area (Å²) in [5.74, 6) is -0.492. The van der Waals surface area contributed by atoms with E-state index < -0.39 is 15.8 Å². The lowest BCUT2D eigenvalue weighted by molar-refractivity contribution is 0.599. The van der Waals surface area contributed by atoms with E-state index in [1.165, 1.54) is 12.1 Å². The lowest BCUT2D eigenvalue weighted by Gasteiger charge is -2.11. The number of aryl methyl sites for hydroxylation is 1. The van der Waals surface area contributed by atoms with Gasteiger partial charge >= 0.3 is 0 Å². The van der Waals surface area contributed by atoms with Crippen molar-refractivity contribution in [1.82, 2.24) is 0 Å². The van der Waals surface area contributed by atoms with Crippen molar-refractivity contribution >= 4 is 21.4 Å². The van der Waals surface area contributed by atoms with Crippen molar-refractivity contribution in [3.05, 3.63) is 53.8 Å². The molecule has 0 heterocycles. The molecule has 19 heavy (non-hydrogen) atoms. The van der Waals surface area contributed by atoms with Crippen LogP contribution in [0.5, 0.6) is 0 Å². The Morgan fingerprint density at radius 1 is 1.11 bits per heavy atom. The normalized spacial score (nSPS) is 11.3. The van der Waals surface area contributed by atoms with Crippen molar-refractivity contribution in [3.63, 3.8) is 0 Å². The number of nitrogen functional groups attached to an aromatic ring is 1. The Morgan fingerprint density at radius 2 is 1.74 bits per heavy atom. The van der Waals surface area contributed by atoms with Gasteiger partial charge in [-0.3, -0.25) is 4.72 Å². The van der Waals surface area contributed by atoms with E-state index in [-0.39, 0.29) is 4.90 Å². The van der Waals surface area contributed by atoms with E-state index in [2.05, 4.69) is 4.72 Å². The molecule has 0 saturated heterocycles. The minimum atomic E-state index is -3.77. The predicted octanol–water partition coefficient (Wildman–Crippen LogP) is 2.52. The molecule has 0 aliphatic carbocycles. The van der Waals surface area contributed by atoms with Gasteiger partial charge in [0.25, 0.3) is 10.0 Å². The third kappa shape index (κ3) is 3.03. The van der Waals surface area contributed by atoms with Crippen molar-refractivity contribution in [3.8, 4) is 0 Å². The summed E-state index contributed by atoms with van der Waals surface area (Å²) in [5, 5.41) is 0. The van der Waals surface area contributed by atoms with Gasteiger partial charge in [-0.05, 0) is 48.9 Å².